The Balaban J connectivity index is 1.80. The molecule has 0 spiro atoms. The fourth-order valence-corrected chi connectivity index (χ4v) is 2.61. The largest absolute Gasteiger partial charge is 0.382 e. The standard InChI is InChI=1S/C13H18N4/c1-8-15-12-5-4-11(7-13(12)16-8)17-10-3-2-9(14)6-10/h4-5,7,9-10,17H,2-3,6,14H2,1H3,(H,15,16). The second kappa shape index (κ2) is 4.04. The minimum atomic E-state index is 0.366. The maximum atomic E-state index is 5.92. The van der Waals surface area contributed by atoms with Gasteiger partial charge in [0.2, 0.25) is 0 Å². The predicted molar refractivity (Wildman–Crippen MR) is 70.1 cm³/mol. The molecule has 1 heterocycles. The highest BCUT2D eigenvalue weighted by Gasteiger charge is 2.21. The first kappa shape index (κ1) is 10.6. The van der Waals surface area contributed by atoms with E-state index in [1.807, 2.05) is 6.92 Å². The predicted octanol–water partition coefficient (Wildman–Crippen LogP) is 2.16. The molecule has 0 aliphatic heterocycles. The highest BCUT2D eigenvalue weighted by atomic mass is 14.9. The Morgan fingerprint density at radius 2 is 2.29 bits per heavy atom. The van der Waals surface area contributed by atoms with Gasteiger partial charge in [-0.1, -0.05) is 0 Å². The minimum Gasteiger partial charge on any atom is -0.382 e. The first-order valence-electron chi connectivity index (χ1n) is 6.19. The van der Waals surface area contributed by atoms with Gasteiger partial charge in [0.25, 0.3) is 0 Å². The molecule has 1 saturated carbocycles. The number of hydrogen-bond donors (Lipinski definition) is 3. The number of rotatable bonds is 2. The number of fused-ring (bicyclic) bond motifs is 1. The highest BCUT2D eigenvalue weighted by molar-refractivity contribution is 5.79. The number of imidazole rings is 1. The fourth-order valence-electron chi connectivity index (χ4n) is 2.61. The van der Waals surface area contributed by atoms with Gasteiger partial charge in [-0.3, -0.25) is 0 Å². The van der Waals surface area contributed by atoms with E-state index in [2.05, 4.69) is 33.5 Å². The van der Waals surface area contributed by atoms with E-state index in [1.54, 1.807) is 0 Å². The van der Waals surface area contributed by atoms with Crippen LogP contribution in [0.25, 0.3) is 11.0 Å². The summed E-state index contributed by atoms with van der Waals surface area (Å²) in [5.41, 5.74) is 9.19. The molecule has 4 nitrogen and oxygen atoms in total. The van der Waals surface area contributed by atoms with E-state index >= 15 is 0 Å². The number of hydrogen-bond acceptors (Lipinski definition) is 3. The van der Waals surface area contributed by atoms with Crippen LogP contribution in [0.15, 0.2) is 18.2 Å². The summed E-state index contributed by atoms with van der Waals surface area (Å²) in [6, 6.07) is 7.15. The summed E-state index contributed by atoms with van der Waals surface area (Å²) < 4.78 is 0. The third-order valence-corrected chi connectivity index (χ3v) is 3.44. The zero-order chi connectivity index (χ0) is 11.8. The molecule has 0 radical (unpaired) electrons. The van der Waals surface area contributed by atoms with Gasteiger partial charge in [0.15, 0.2) is 0 Å². The lowest BCUT2D eigenvalue weighted by molar-refractivity contribution is 0.688. The van der Waals surface area contributed by atoms with Crippen LogP contribution < -0.4 is 11.1 Å². The van der Waals surface area contributed by atoms with Crippen molar-refractivity contribution in [2.45, 2.75) is 38.3 Å². The number of aromatic nitrogens is 2. The van der Waals surface area contributed by atoms with Crippen molar-refractivity contribution in [3.63, 3.8) is 0 Å². The molecule has 17 heavy (non-hydrogen) atoms. The number of H-pyrrole nitrogens is 1. The first-order chi connectivity index (χ1) is 8.20. The number of nitrogens with two attached hydrogens (primary N) is 1. The zero-order valence-corrected chi connectivity index (χ0v) is 10.0. The SMILES string of the molecule is Cc1nc2ccc(NC3CCC(N)C3)cc2[nH]1. The van der Waals surface area contributed by atoms with E-state index in [-0.39, 0.29) is 0 Å². The molecule has 2 aromatic rings. The second-order valence-electron chi connectivity index (χ2n) is 4.97. The minimum absolute atomic E-state index is 0.366. The number of nitrogens with zero attached hydrogens (tertiary/aromatic N) is 1. The molecule has 4 N–H and O–H groups in total. The molecule has 2 unspecified atom stereocenters. The van der Waals surface area contributed by atoms with E-state index in [4.69, 9.17) is 5.73 Å². The van der Waals surface area contributed by atoms with Crippen molar-refractivity contribution in [3.8, 4) is 0 Å². The van der Waals surface area contributed by atoms with E-state index in [1.165, 1.54) is 6.42 Å². The highest BCUT2D eigenvalue weighted by Crippen LogP contribution is 2.23. The van der Waals surface area contributed by atoms with Gasteiger partial charge in [0.1, 0.15) is 5.82 Å². The van der Waals surface area contributed by atoms with Gasteiger partial charge >= 0.3 is 0 Å². The number of aromatic amines is 1. The third-order valence-electron chi connectivity index (χ3n) is 3.44. The quantitative estimate of drug-likeness (QED) is 0.740. The van der Waals surface area contributed by atoms with Gasteiger partial charge in [0, 0.05) is 17.8 Å². The molecular formula is C13H18N4. The van der Waals surface area contributed by atoms with Crippen LogP contribution in [0.4, 0.5) is 5.69 Å². The summed E-state index contributed by atoms with van der Waals surface area (Å²) in [5, 5.41) is 3.54. The van der Waals surface area contributed by atoms with Crippen molar-refractivity contribution in [2.75, 3.05) is 5.32 Å². The van der Waals surface area contributed by atoms with Crippen LogP contribution in [0.5, 0.6) is 0 Å². The Morgan fingerprint density at radius 3 is 3.06 bits per heavy atom. The molecular weight excluding hydrogens is 212 g/mol. The Kier molecular flexibility index (Phi) is 2.52. The Hall–Kier alpha value is -1.55. The summed E-state index contributed by atoms with van der Waals surface area (Å²) in [6.07, 6.45) is 3.37. The smallest absolute Gasteiger partial charge is 0.104 e. The molecule has 0 amide bonds. The van der Waals surface area contributed by atoms with Crippen molar-refractivity contribution < 1.29 is 0 Å². The molecule has 0 saturated heterocycles. The molecule has 2 atom stereocenters. The van der Waals surface area contributed by atoms with Crippen LogP contribution in [0.3, 0.4) is 0 Å². The van der Waals surface area contributed by atoms with Crippen molar-refractivity contribution in [3.05, 3.63) is 24.0 Å². The van der Waals surface area contributed by atoms with E-state index in [0.717, 1.165) is 35.4 Å². The Morgan fingerprint density at radius 1 is 1.41 bits per heavy atom. The maximum Gasteiger partial charge on any atom is 0.104 e. The van der Waals surface area contributed by atoms with Crippen LogP contribution in [0, 0.1) is 6.92 Å². The lowest BCUT2D eigenvalue weighted by atomic mass is 10.2. The van der Waals surface area contributed by atoms with Crippen molar-refractivity contribution in [2.24, 2.45) is 5.73 Å². The van der Waals surface area contributed by atoms with Gasteiger partial charge in [-0.25, -0.2) is 4.98 Å². The maximum absolute atomic E-state index is 5.92. The van der Waals surface area contributed by atoms with Crippen LogP contribution in [-0.2, 0) is 0 Å². The first-order valence-corrected chi connectivity index (χ1v) is 6.19. The number of nitrogens with one attached hydrogen (secondary N) is 2. The lowest BCUT2D eigenvalue weighted by Crippen LogP contribution is -2.20. The van der Waals surface area contributed by atoms with Crippen LogP contribution in [0.2, 0.25) is 0 Å². The molecule has 90 valence electrons. The van der Waals surface area contributed by atoms with E-state index in [9.17, 15) is 0 Å². The van der Waals surface area contributed by atoms with Crippen LogP contribution >= 0.6 is 0 Å². The van der Waals surface area contributed by atoms with Crippen molar-refractivity contribution >= 4 is 16.7 Å². The van der Waals surface area contributed by atoms with Gasteiger partial charge in [0.05, 0.1) is 11.0 Å². The summed E-state index contributed by atoms with van der Waals surface area (Å²) in [6.45, 7) is 1.98. The van der Waals surface area contributed by atoms with E-state index in [0.29, 0.717) is 12.1 Å². The molecule has 1 aliphatic carbocycles. The van der Waals surface area contributed by atoms with Gasteiger partial charge in [-0.2, -0.15) is 0 Å². The zero-order valence-electron chi connectivity index (χ0n) is 10.0. The number of anilines is 1. The monoisotopic (exact) mass is 230 g/mol. The van der Waals surface area contributed by atoms with E-state index < -0.39 is 0 Å². The fraction of sp³-hybridized carbons (Fsp3) is 0.462. The van der Waals surface area contributed by atoms with Gasteiger partial charge in [-0.15, -0.1) is 0 Å². The normalized spacial score (nSPS) is 24.4. The van der Waals surface area contributed by atoms with Crippen LogP contribution in [-0.4, -0.2) is 22.1 Å². The van der Waals surface area contributed by atoms with Crippen molar-refractivity contribution in [1.29, 1.82) is 0 Å². The molecule has 1 aromatic heterocycles. The summed E-state index contributed by atoms with van der Waals surface area (Å²) in [7, 11) is 0. The molecule has 3 rings (SSSR count). The third kappa shape index (κ3) is 2.13. The molecule has 0 bridgehead atoms. The molecule has 1 aromatic carbocycles. The van der Waals surface area contributed by atoms with Crippen molar-refractivity contribution in [1.82, 2.24) is 9.97 Å². The molecule has 1 aliphatic rings. The van der Waals surface area contributed by atoms with Gasteiger partial charge < -0.3 is 16.0 Å². The Labute approximate surface area is 101 Å². The average Bonchev–Trinajstić information content (AvgIpc) is 2.83. The number of aryl methyl sites for hydroxylation is 1. The second-order valence-corrected chi connectivity index (χ2v) is 4.97. The lowest BCUT2D eigenvalue weighted by Gasteiger charge is -2.13. The topological polar surface area (TPSA) is 66.7 Å². The summed E-state index contributed by atoms with van der Waals surface area (Å²) >= 11 is 0. The summed E-state index contributed by atoms with van der Waals surface area (Å²) in [4.78, 5) is 7.65. The average molecular weight is 230 g/mol. The van der Waals surface area contributed by atoms with Gasteiger partial charge in [-0.05, 0) is 44.4 Å². The Bertz CT molecular complexity index is 531. The summed E-state index contributed by atoms with van der Waals surface area (Å²) in [5.74, 6) is 0.958. The number of benzene rings is 1. The van der Waals surface area contributed by atoms with Crippen LogP contribution in [0.1, 0.15) is 25.1 Å². The molecule has 1 fully saturated rings. The molecule has 4 heteroatoms.